The van der Waals surface area contributed by atoms with E-state index in [0.717, 1.165) is 27.6 Å². The van der Waals surface area contributed by atoms with E-state index in [-0.39, 0.29) is 17.7 Å². The average Bonchev–Trinajstić information content (AvgIpc) is 3.49. The van der Waals surface area contributed by atoms with Gasteiger partial charge in [0, 0.05) is 19.0 Å². The van der Waals surface area contributed by atoms with E-state index in [1.54, 1.807) is 4.90 Å². The fraction of sp³-hybridized carbons (Fsp3) is 0.370. The Balaban J connectivity index is 0.00000167. The molecule has 186 valence electrons. The molecule has 2 amide bonds. The molecule has 3 aromatic rings. The smallest absolute Gasteiger partial charge is 0.410 e. The number of nitrogens with zero attached hydrogens (tertiary/aromatic N) is 2. The van der Waals surface area contributed by atoms with E-state index in [1.165, 1.54) is 11.3 Å². The Bertz CT molecular complexity index is 1140. The van der Waals surface area contributed by atoms with Crippen LogP contribution in [0.15, 0.2) is 54.6 Å². The SMILES string of the molecule is CC.CC(C)(C)OC(=O)N1CCC(c2nc(C(N)=O)c(-c3ccc(Oc4ccccc4)cc3)s2)C1. The lowest BCUT2D eigenvalue weighted by Crippen LogP contribution is -2.35. The summed E-state index contributed by atoms with van der Waals surface area (Å²) >= 11 is 1.44. The zero-order valence-electron chi connectivity index (χ0n) is 20.9. The first-order chi connectivity index (χ1) is 16.7. The van der Waals surface area contributed by atoms with Gasteiger partial charge >= 0.3 is 6.09 Å². The molecule has 8 heteroatoms. The summed E-state index contributed by atoms with van der Waals surface area (Å²) in [6, 6.07) is 17.0. The van der Waals surface area contributed by atoms with Crippen molar-refractivity contribution >= 4 is 23.3 Å². The van der Waals surface area contributed by atoms with Gasteiger partial charge < -0.3 is 20.1 Å². The quantitative estimate of drug-likeness (QED) is 0.439. The third-order valence-corrected chi connectivity index (χ3v) is 6.43. The topological polar surface area (TPSA) is 94.8 Å². The number of carbonyl (C=O) groups excluding carboxylic acids is 2. The molecule has 4 rings (SSSR count). The number of benzene rings is 2. The molecule has 0 bridgehead atoms. The molecule has 0 aliphatic carbocycles. The van der Waals surface area contributed by atoms with E-state index >= 15 is 0 Å². The maximum absolute atomic E-state index is 12.4. The number of amides is 2. The van der Waals surface area contributed by atoms with Crippen LogP contribution in [0.25, 0.3) is 10.4 Å². The van der Waals surface area contributed by atoms with Crippen LogP contribution >= 0.6 is 11.3 Å². The zero-order valence-corrected chi connectivity index (χ0v) is 21.7. The van der Waals surface area contributed by atoms with Crippen molar-refractivity contribution in [3.63, 3.8) is 0 Å². The zero-order chi connectivity index (χ0) is 25.6. The van der Waals surface area contributed by atoms with E-state index < -0.39 is 11.5 Å². The number of aromatic nitrogens is 1. The second-order valence-electron chi connectivity index (χ2n) is 8.95. The summed E-state index contributed by atoms with van der Waals surface area (Å²) in [5.41, 5.74) is 6.19. The summed E-state index contributed by atoms with van der Waals surface area (Å²) in [6.45, 7) is 10.6. The summed E-state index contributed by atoms with van der Waals surface area (Å²) in [4.78, 5) is 31.5. The summed E-state index contributed by atoms with van der Waals surface area (Å²) in [5.74, 6) is 0.909. The number of primary amides is 1. The van der Waals surface area contributed by atoms with E-state index in [4.69, 9.17) is 15.2 Å². The Kier molecular flexibility index (Phi) is 8.51. The van der Waals surface area contributed by atoms with Gasteiger partial charge in [-0.2, -0.15) is 0 Å². The van der Waals surface area contributed by atoms with Gasteiger partial charge in [0.05, 0.1) is 9.88 Å². The van der Waals surface area contributed by atoms with Crippen molar-refractivity contribution in [1.82, 2.24) is 9.88 Å². The lowest BCUT2D eigenvalue weighted by atomic mass is 10.1. The number of hydrogen-bond acceptors (Lipinski definition) is 6. The highest BCUT2D eigenvalue weighted by molar-refractivity contribution is 7.15. The molecule has 1 fully saturated rings. The third kappa shape index (κ3) is 6.82. The second kappa shape index (κ2) is 11.4. The molecule has 35 heavy (non-hydrogen) atoms. The molecule has 2 aromatic carbocycles. The first kappa shape index (κ1) is 26.2. The Morgan fingerprint density at radius 1 is 1.03 bits per heavy atom. The Labute approximate surface area is 210 Å². The molecule has 1 aliphatic heterocycles. The van der Waals surface area contributed by atoms with E-state index in [2.05, 4.69) is 4.98 Å². The van der Waals surface area contributed by atoms with Crippen molar-refractivity contribution in [2.24, 2.45) is 5.73 Å². The highest BCUT2D eigenvalue weighted by atomic mass is 32.1. The van der Waals surface area contributed by atoms with Gasteiger partial charge in [0.1, 0.15) is 22.8 Å². The summed E-state index contributed by atoms with van der Waals surface area (Å²) < 4.78 is 11.3. The van der Waals surface area contributed by atoms with E-state index in [1.807, 2.05) is 89.2 Å². The number of hydrogen-bond donors (Lipinski definition) is 1. The van der Waals surface area contributed by atoms with Gasteiger partial charge in [0.25, 0.3) is 5.91 Å². The van der Waals surface area contributed by atoms with E-state index in [9.17, 15) is 9.59 Å². The minimum absolute atomic E-state index is 0.0371. The van der Waals surface area contributed by atoms with Gasteiger partial charge in [-0.05, 0) is 69.2 Å². The molecule has 1 atom stereocenters. The lowest BCUT2D eigenvalue weighted by Gasteiger charge is -2.24. The molecular weight excluding hydrogens is 462 g/mol. The third-order valence-electron chi connectivity index (χ3n) is 5.16. The Hall–Kier alpha value is -3.39. The van der Waals surface area contributed by atoms with Crippen LogP contribution in [-0.4, -0.2) is 40.6 Å². The van der Waals surface area contributed by atoms with Crippen molar-refractivity contribution in [1.29, 1.82) is 0 Å². The molecule has 0 saturated carbocycles. The summed E-state index contributed by atoms with van der Waals surface area (Å²) in [7, 11) is 0. The van der Waals surface area contributed by atoms with Gasteiger partial charge in [-0.1, -0.05) is 32.0 Å². The van der Waals surface area contributed by atoms with E-state index in [0.29, 0.717) is 18.8 Å². The number of likely N-dealkylation sites (tertiary alicyclic amines) is 1. The number of thiazole rings is 1. The monoisotopic (exact) mass is 495 g/mol. The van der Waals surface area contributed by atoms with Crippen molar-refractivity contribution in [3.05, 3.63) is 65.3 Å². The van der Waals surface area contributed by atoms with Crippen LogP contribution in [0.2, 0.25) is 0 Å². The maximum atomic E-state index is 12.4. The summed E-state index contributed by atoms with van der Waals surface area (Å²) in [5, 5.41) is 0.800. The normalized spacial score (nSPS) is 15.2. The minimum atomic E-state index is -0.570. The van der Waals surface area contributed by atoms with Crippen LogP contribution in [0.1, 0.15) is 62.5 Å². The number of nitrogens with two attached hydrogens (primary N) is 1. The lowest BCUT2D eigenvalue weighted by molar-refractivity contribution is 0.0292. The highest BCUT2D eigenvalue weighted by Gasteiger charge is 2.33. The molecule has 2 N–H and O–H groups in total. The average molecular weight is 496 g/mol. The number of para-hydroxylation sites is 1. The van der Waals surface area contributed by atoms with Crippen LogP contribution in [0.3, 0.4) is 0 Å². The van der Waals surface area contributed by atoms with Crippen molar-refractivity contribution < 1.29 is 19.1 Å². The van der Waals surface area contributed by atoms with Crippen molar-refractivity contribution in [2.75, 3.05) is 13.1 Å². The second-order valence-corrected chi connectivity index (χ2v) is 9.98. The first-order valence-corrected chi connectivity index (χ1v) is 12.6. The van der Waals surface area contributed by atoms with Crippen molar-refractivity contribution in [2.45, 2.75) is 52.6 Å². The van der Waals surface area contributed by atoms with Crippen LogP contribution in [0.4, 0.5) is 4.79 Å². The van der Waals surface area contributed by atoms with Gasteiger partial charge in [-0.25, -0.2) is 9.78 Å². The van der Waals surface area contributed by atoms with Gasteiger partial charge in [-0.3, -0.25) is 4.79 Å². The standard InChI is InChI=1S/C25H27N3O4S.C2H6/c1-25(2,3)32-24(30)28-14-13-17(15-28)23-27-20(22(26)29)21(33-23)16-9-11-19(12-10-16)31-18-7-5-4-6-8-18;1-2/h4-12,17H,13-15H2,1-3H3,(H2,26,29);1-2H3. The molecule has 0 radical (unpaired) electrons. The molecular formula is C27H33N3O4S. The summed E-state index contributed by atoms with van der Waals surface area (Å²) in [6.07, 6.45) is 0.430. The molecule has 7 nitrogen and oxygen atoms in total. The number of carbonyl (C=O) groups is 2. The first-order valence-electron chi connectivity index (χ1n) is 11.8. The Morgan fingerprint density at radius 3 is 2.26 bits per heavy atom. The minimum Gasteiger partial charge on any atom is -0.457 e. The number of ether oxygens (including phenoxy) is 2. The predicted molar refractivity (Wildman–Crippen MR) is 139 cm³/mol. The fourth-order valence-electron chi connectivity index (χ4n) is 3.63. The van der Waals surface area contributed by atoms with Gasteiger partial charge in [0.15, 0.2) is 0 Å². The molecule has 1 aromatic heterocycles. The Morgan fingerprint density at radius 2 is 1.66 bits per heavy atom. The molecule has 2 heterocycles. The molecule has 1 aliphatic rings. The maximum Gasteiger partial charge on any atom is 0.410 e. The van der Waals surface area contributed by atoms with Gasteiger partial charge in [0.2, 0.25) is 0 Å². The number of rotatable bonds is 5. The van der Waals surface area contributed by atoms with Crippen LogP contribution in [0, 0.1) is 0 Å². The fourth-order valence-corrected chi connectivity index (χ4v) is 4.83. The largest absolute Gasteiger partial charge is 0.457 e. The highest BCUT2D eigenvalue weighted by Crippen LogP contribution is 2.38. The predicted octanol–water partition coefficient (Wildman–Crippen LogP) is 6.45. The van der Waals surface area contributed by atoms with Crippen LogP contribution in [0.5, 0.6) is 11.5 Å². The molecule has 1 unspecified atom stereocenters. The van der Waals surface area contributed by atoms with Crippen LogP contribution in [-0.2, 0) is 4.74 Å². The van der Waals surface area contributed by atoms with Crippen LogP contribution < -0.4 is 10.5 Å². The molecule has 1 saturated heterocycles. The van der Waals surface area contributed by atoms with Crippen molar-refractivity contribution in [3.8, 4) is 21.9 Å². The van der Waals surface area contributed by atoms with Gasteiger partial charge in [-0.15, -0.1) is 11.3 Å². The molecule has 0 spiro atoms.